The number of benzene rings is 6. The highest BCUT2D eigenvalue weighted by molar-refractivity contribution is 6.11. The van der Waals surface area contributed by atoms with Crippen molar-refractivity contribution in [1.29, 1.82) is 0 Å². The molecule has 0 spiro atoms. The molecule has 0 atom stereocenters. The number of para-hydroxylation sites is 1. The normalized spacial score (nSPS) is 13.0. The Morgan fingerprint density at radius 1 is 0.547 bits per heavy atom. The van der Waals surface area contributed by atoms with Gasteiger partial charge in [0, 0.05) is 38.3 Å². The van der Waals surface area contributed by atoms with Gasteiger partial charge in [-0.25, -0.2) is 9.97 Å². The van der Waals surface area contributed by atoms with Gasteiger partial charge in [0.05, 0.1) is 22.4 Å². The average molecular weight is 682 g/mol. The van der Waals surface area contributed by atoms with E-state index >= 15 is 0 Å². The summed E-state index contributed by atoms with van der Waals surface area (Å²) in [6, 6.07) is 49.5. The lowest BCUT2D eigenvalue weighted by Crippen LogP contribution is -2.15. The molecule has 0 unspecified atom stereocenters. The molecule has 0 aliphatic heterocycles. The van der Waals surface area contributed by atoms with Crippen LogP contribution in [-0.4, -0.2) is 14.5 Å². The van der Waals surface area contributed by atoms with Gasteiger partial charge in [-0.1, -0.05) is 130 Å². The fraction of sp³-hybridized carbons (Fsp3) is 0.0612. The highest BCUT2D eigenvalue weighted by atomic mass is 16.3. The zero-order chi connectivity index (χ0) is 35.8. The second-order valence-corrected chi connectivity index (χ2v) is 14.3. The van der Waals surface area contributed by atoms with Gasteiger partial charge in [0.15, 0.2) is 0 Å². The summed E-state index contributed by atoms with van der Waals surface area (Å²) in [5.41, 5.74) is 15.1. The Bertz CT molecular complexity index is 2890. The van der Waals surface area contributed by atoms with Crippen LogP contribution in [0.4, 0.5) is 0 Å². The molecular formula is C49H35N3O. The topological polar surface area (TPSA) is 43.9 Å². The van der Waals surface area contributed by atoms with Crippen molar-refractivity contribution in [2.45, 2.75) is 19.3 Å². The number of rotatable bonds is 6. The Morgan fingerprint density at radius 3 is 1.89 bits per heavy atom. The fourth-order valence-electron chi connectivity index (χ4n) is 8.33. The highest BCUT2D eigenvalue weighted by Gasteiger charge is 2.37. The van der Waals surface area contributed by atoms with Gasteiger partial charge in [-0.2, -0.15) is 0 Å². The van der Waals surface area contributed by atoms with Crippen LogP contribution in [0.1, 0.15) is 36.3 Å². The lowest BCUT2D eigenvalue weighted by Gasteiger charge is -2.22. The molecule has 9 aromatic rings. The van der Waals surface area contributed by atoms with Crippen molar-refractivity contribution >= 4 is 44.9 Å². The molecule has 3 aromatic heterocycles. The first-order valence-corrected chi connectivity index (χ1v) is 18.0. The number of hydrogen-bond donors (Lipinski definition) is 0. The van der Waals surface area contributed by atoms with Crippen LogP contribution in [0.15, 0.2) is 157 Å². The molecule has 0 bridgehead atoms. The maximum atomic E-state index is 6.05. The predicted octanol–water partition coefficient (Wildman–Crippen LogP) is 12.9. The second-order valence-electron chi connectivity index (χ2n) is 14.3. The quantitative estimate of drug-likeness (QED) is 0.175. The van der Waals surface area contributed by atoms with Gasteiger partial charge in [0.2, 0.25) is 5.95 Å². The number of aromatic nitrogens is 3. The van der Waals surface area contributed by atoms with E-state index in [0.717, 1.165) is 67.0 Å². The molecule has 6 aromatic carbocycles. The molecule has 252 valence electrons. The molecule has 1 aliphatic rings. The van der Waals surface area contributed by atoms with Crippen molar-refractivity contribution < 1.29 is 4.42 Å². The van der Waals surface area contributed by atoms with Gasteiger partial charge < -0.3 is 4.42 Å². The average Bonchev–Trinajstić information content (AvgIpc) is 3.81. The van der Waals surface area contributed by atoms with Crippen LogP contribution in [0, 0.1) is 0 Å². The third kappa shape index (κ3) is 4.69. The zero-order valence-corrected chi connectivity index (χ0v) is 29.6. The summed E-state index contributed by atoms with van der Waals surface area (Å²) < 4.78 is 8.30. The Kier molecular flexibility index (Phi) is 6.80. The van der Waals surface area contributed by atoms with Crippen LogP contribution >= 0.6 is 0 Å². The first-order chi connectivity index (χ1) is 25.9. The maximum Gasteiger partial charge on any atom is 0.235 e. The lowest BCUT2D eigenvalue weighted by atomic mass is 9.82. The van der Waals surface area contributed by atoms with E-state index in [1.807, 2.05) is 24.3 Å². The van der Waals surface area contributed by atoms with Crippen LogP contribution in [0.3, 0.4) is 0 Å². The van der Waals surface area contributed by atoms with Crippen molar-refractivity contribution in [3.63, 3.8) is 0 Å². The zero-order valence-electron chi connectivity index (χ0n) is 29.6. The Labute approximate surface area is 308 Å². The number of nitrogens with zero attached hydrogens (tertiary/aromatic N) is 3. The van der Waals surface area contributed by atoms with E-state index in [0.29, 0.717) is 5.95 Å². The van der Waals surface area contributed by atoms with E-state index in [-0.39, 0.29) is 5.41 Å². The molecule has 53 heavy (non-hydrogen) atoms. The van der Waals surface area contributed by atoms with Crippen molar-refractivity contribution in [2.24, 2.45) is 0 Å². The van der Waals surface area contributed by atoms with Crippen molar-refractivity contribution in [2.75, 3.05) is 0 Å². The summed E-state index contributed by atoms with van der Waals surface area (Å²) in [4.78, 5) is 10.5. The molecule has 4 nitrogen and oxygen atoms in total. The molecule has 0 radical (unpaired) electrons. The molecular weight excluding hydrogens is 647 g/mol. The third-order valence-electron chi connectivity index (χ3n) is 11.0. The van der Waals surface area contributed by atoms with E-state index in [2.05, 4.69) is 153 Å². The van der Waals surface area contributed by atoms with E-state index < -0.39 is 0 Å². The largest absolute Gasteiger partial charge is 0.456 e. The third-order valence-corrected chi connectivity index (χ3v) is 11.0. The molecule has 10 rings (SSSR count). The van der Waals surface area contributed by atoms with Crippen LogP contribution in [0.25, 0.3) is 95.6 Å². The van der Waals surface area contributed by atoms with E-state index in [9.17, 15) is 0 Å². The summed E-state index contributed by atoms with van der Waals surface area (Å²) in [5.74, 6) is 1.40. The van der Waals surface area contributed by atoms with Crippen molar-refractivity contribution in [1.82, 2.24) is 14.5 Å². The predicted molar refractivity (Wildman–Crippen MR) is 220 cm³/mol. The minimum Gasteiger partial charge on any atom is -0.456 e. The first kappa shape index (κ1) is 31.0. The molecule has 0 amide bonds. The molecule has 0 saturated carbocycles. The SMILES string of the molecule is C=Cc1oc2ccc(-c3ccc4c(c3)-c3cc5c6ccccc6n(-c6nc(-c7ccccc7)cc(-c7ccccc7)n6)c5cc3C4(C)C)cc2c1C=C. The van der Waals surface area contributed by atoms with E-state index in [1.54, 1.807) is 6.08 Å². The molecule has 0 fully saturated rings. The number of furan rings is 1. The van der Waals surface area contributed by atoms with Gasteiger partial charge in [-0.3, -0.25) is 4.57 Å². The van der Waals surface area contributed by atoms with Gasteiger partial charge in [-0.15, -0.1) is 0 Å². The first-order valence-electron chi connectivity index (χ1n) is 18.0. The highest BCUT2D eigenvalue weighted by Crippen LogP contribution is 2.52. The molecule has 0 saturated heterocycles. The monoisotopic (exact) mass is 681 g/mol. The summed E-state index contributed by atoms with van der Waals surface area (Å²) in [7, 11) is 0. The van der Waals surface area contributed by atoms with Crippen LogP contribution in [0.2, 0.25) is 0 Å². The summed E-state index contributed by atoms with van der Waals surface area (Å²) in [6.07, 6.45) is 3.60. The Hall–Kier alpha value is -6.78. The standard InChI is InChI=1S/C49H35N3O/c1-5-34-39-26-33(22-24-47(39)53-46(34)6-2)32-21-23-40-36(25-32)37-27-38-35-19-13-14-20-44(35)52(45(38)28-41(37)49(40,3)4)48-50-42(30-15-9-7-10-16-30)29-43(51-48)31-17-11-8-12-18-31/h5-29H,1-2H2,3-4H3. The second kappa shape index (κ2) is 11.6. The molecule has 1 aliphatic carbocycles. The number of fused-ring (bicyclic) bond motifs is 7. The van der Waals surface area contributed by atoms with Crippen LogP contribution in [-0.2, 0) is 5.41 Å². The number of hydrogen-bond acceptors (Lipinski definition) is 3. The Morgan fingerprint density at radius 2 is 1.19 bits per heavy atom. The molecule has 3 heterocycles. The van der Waals surface area contributed by atoms with Gasteiger partial charge in [0.25, 0.3) is 0 Å². The molecule has 4 heteroatoms. The van der Waals surface area contributed by atoms with Gasteiger partial charge in [-0.05, 0) is 81.9 Å². The smallest absolute Gasteiger partial charge is 0.235 e. The van der Waals surface area contributed by atoms with Crippen molar-refractivity contribution in [3.05, 3.63) is 175 Å². The maximum absolute atomic E-state index is 6.05. The summed E-state index contributed by atoms with van der Waals surface area (Å²) in [6.45, 7) is 12.6. The molecule has 0 N–H and O–H groups in total. The van der Waals surface area contributed by atoms with Crippen molar-refractivity contribution in [3.8, 4) is 50.7 Å². The van der Waals surface area contributed by atoms with Crippen LogP contribution in [0.5, 0.6) is 0 Å². The van der Waals surface area contributed by atoms with E-state index in [4.69, 9.17) is 14.4 Å². The summed E-state index contributed by atoms with van der Waals surface area (Å²) >= 11 is 0. The van der Waals surface area contributed by atoms with Gasteiger partial charge in [0.1, 0.15) is 11.3 Å². The Balaban J connectivity index is 1.19. The lowest BCUT2D eigenvalue weighted by molar-refractivity contribution is 0.603. The van der Waals surface area contributed by atoms with E-state index in [1.165, 1.54) is 33.0 Å². The van der Waals surface area contributed by atoms with Crippen LogP contribution < -0.4 is 0 Å². The fourth-order valence-corrected chi connectivity index (χ4v) is 8.33. The van der Waals surface area contributed by atoms with Gasteiger partial charge >= 0.3 is 0 Å². The minimum absolute atomic E-state index is 0.218. The minimum atomic E-state index is -0.218. The summed E-state index contributed by atoms with van der Waals surface area (Å²) in [5, 5.41) is 3.39.